The standard InChI is InChI=1S/C28H34ClN5O/c1-16-6-8-20-24(31-34(5)25(20)30-16)22-13-21(22)17-7-9-19(23(29)12-17)26(35)33(4)18-14-27(2)10-11-28(3,15-18)32-27/h6-9,12,18,21-22,32H,10-11,13-15H2,1-5H3/t18?,21?,22?,27-,28+. The van der Waals surface area contributed by atoms with Gasteiger partial charge in [0.05, 0.1) is 16.3 Å². The molecule has 0 radical (unpaired) electrons. The van der Waals surface area contributed by atoms with Crippen molar-refractivity contribution in [3.63, 3.8) is 0 Å². The van der Waals surface area contributed by atoms with Crippen LogP contribution in [0.25, 0.3) is 11.0 Å². The molecule has 2 bridgehead atoms. The van der Waals surface area contributed by atoms with Crippen LogP contribution in [-0.4, -0.2) is 49.7 Å². The van der Waals surface area contributed by atoms with E-state index < -0.39 is 0 Å². The number of rotatable bonds is 4. The van der Waals surface area contributed by atoms with Crippen molar-refractivity contribution in [3.8, 4) is 0 Å². The SMILES string of the molecule is Cc1ccc2c(C3CC3c3ccc(C(=O)N(C)C4C[C@]5(C)CC[C@](C)(C4)N5)c(Cl)c3)nn(C)c2n1. The molecule has 4 heterocycles. The Balaban J connectivity index is 1.20. The van der Waals surface area contributed by atoms with E-state index in [0.717, 1.165) is 41.7 Å². The Kier molecular flexibility index (Phi) is 5.11. The van der Waals surface area contributed by atoms with Gasteiger partial charge in [-0.25, -0.2) is 4.98 Å². The quantitative estimate of drug-likeness (QED) is 0.535. The maximum absolute atomic E-state index is 13.5. The second kappa shape index (κ2) is 7.78. The summed E-state index contributed by atoms with van der Waals surface area (Å²) < 4.78 is 1.88. The topological polar surface area (TPSA) is 63.1 Å². The van der Waals surface area contributed by atoms with E-state index in [1.54, 1.807) is 0 Å². The molecule has 6 rings (SSSR count). The van der Waals surface area contributed by atoms with Crippen molar-refractivity contribution in [1.29, 1.82) is 0 Å². The van der Waals surface area contributed by atoms with Gasteiger partial charge in [0, 0.05) is 48.2 Å². The molecule has 3 aromatic rings. The van der Waals surface area contributed by atoms with Gasteiger partial charge in [0.15, 0.2) is 5.65 Å². The van der Waals surface area contributed by atoms with Crippen LogP contribution in [0, 0.1) is 6.92 Å². The predicted molar refractivity (Wildman–Crippen MR) is 139 cm³/mol. The summed E-state index contributed by atoms with van der Waals surface area (Å²) in [6.07, 6.45) is 5.34. The monoisotopic (exact) mass is 491 g/mol. The van der Waals surface area contributed by atoms with E-state index in [4.69, 9.17) is 16.7 Å². The number of hydrogen-bond acceptors (Lipinski definition) is 4. The number of hydrogen-bond donors (Lipinski definition) is 1. The summed E-state index contributed by atoms with van der Waals surface area (Å²) in [5, 5.41) is 10.3. The van der Waals surface area contributed by atoms with E-state index >= 15 is 0 Å². The first-order valence-electron chi connectivity index (χ1n) is 12.7. The third kappa shape index (κ3) is 3.86. The molecular weight excluding hydrogens is 458 g/mol. The number of nitrogens with zero attached hydrogens (tertiary/aromatic N) is 4. The fourth-order valence-electron chi connectivity index (χ4n) is 6.78. The van der Waals surface area contributed by atoms with Crippen LogP contribution in [0.5, 0.6) is 0 Å². The van der Waals surface area contributed by atoms with Crippen molar-refractivity contribution in [2.24, 2.45) is 7.05 Å². The van der Waals surface area contributed by atoms with Gasteiger partial charge < -0.3 is 10.2 Å². The molecule has 3 aliphatic rings. The van der Waals surface area contributed by atoms with Crippen LogP contribution in [-0.2, 0) is 7.05 Å². The highest BCUT2D eigenvalue weighted by atomic mass is 35.5. The van der Waals surface area contributed by atoms with Gasteiger partial charge in [-0.2, -0.15) is 5.10 Å². The van der Waals surface area contributed by atoms with E-state index in [2.05, 4.69) is 36.3 Å². The highest BCUT2D eigenvalue weighted by Crippen LogP contribution is 2.56. The lowest BCUT2D eigenvalue weighted by molar-refractivity contribution is 0.0597. The summed E-state index contributed by atoms with van der Waals surface area (Å²) in [6.45, 7) is 6.58. The lowest BCUT2D eigenvalue weighted by atomic mass is 9.84. The molecule has 1 aromatic carbocycles. The molecule has 7 heteroatoms. The number of pyridine rings is 1. The summed E-state index contributed by atoms with van der Waals surface area (Å²) >= 11 is 6.72. The molecule has 2 aliphatic heterocycles. The lowest BCUT2D eigenvalue weighted by Crippen LogP contribution is -2.59. The number of aryl methyl sites for hydroxylation is 2. The Bertz CT molecular complexity index is 1330. The average Bonchev–Trinajstić information content (AvgIpc) is 3.49. The largest absolute Gasteiger partial charge is 0.339 e. The summed E-state index contributed by atoms with van der Waals surface area (Å²) in [6, 6.07) is 10.4. The summed E-state index contributed by atoms with van der Waals surface area (Å²) in [5.41, 5.74) is 5.05. The first-order chi connectivity index (χ1) is 16.6. The van der Waals surface area contributed by atoms with Gasteiger partial charge in [-0.1, -0.05) is 17.7 Å². The Morgan fingerprint density at radius 1 is 1.14 bits per heavy atom. The van der Waals surface area contributed by atoms with Crippen LogP contribution in [0.2, 0.25) is 5.02 Å². The number of piperidine rings is 1. The van der Waals surface area contributed by atoms with Crippen LogP contribution in [0.1, 0.15) is 85.1 Å². The van der Waals surface area contributed by atoms with E-state index in [9.17, 15) is 4.79 Å². The smallest absolute Gasteiger partial charge is 0.255 e. The van der Waals surface area contributed by atoms with Gasteiger partial charge in [-0.15, -0.1) is 0 Å². The zero-order chi connectivity index (χ0) is 24.7. The average molecular weight is 492 g/mol. The highest BCUT2D eigenvalue weighted by Gasteiger charge is 2.50. The van der Waals surface area contributed by atoms with E-state index in [1.807, 2.05) is 48.8 Å². The number of carbonyl (C=O) groups excluding carboxylic acids is 1. The van der Waals surface area contributed by atoms with Crippen LogP contribution >= 0.6 is 11.6 Å². The third-order valence-corrected chi connectivity index (χ3v) is 9.03. The predicted octanol–water partition coefficient (Wildman–Crippen LogP) is 5.34. The maximum Gasteiger partial charge on any atom is 0.255 e. The summed E-state index contributed by atoms with van der Waals surface area (Å²) in [4.78, 5) is 20.1. The lowest BCUT2D eigenvalue weighted by Gasteiger charge is -2.45. The molecular formula is C28H34ClN5O. The van der Waals surface area contributed by atoms with Crippen molar-refractivity contribution in [1.82, 2.24) is 25.0 Å². The Labute approximate surface area is 212 Å². The van der Waals surface area contributed by atoms with Crippen molar-refractivity contribution in [2.45, 2.75) is 81.8 Å². The van der Waals surface area contributed by atoms with Gasteiger partial charge in [-0.05, 0) is 88.6 Å². The fraction of sp³-hybridized carbons (Fsp3) is 0.536. The van der Waals surface area contributed by atoms with Crippen molar-refractivity contribution in [3.05, 3.63) is 57.9 Å². The number of carbonyl (C=O) groups is 1. The van der Waals surface area contributed by atoms with Gasteiger partial charge in [0.1, 0.15) is 0 Å². The minimum atomic E-state index is 0.0181. The number of aromatic nitrogens is 3. The molecule has 6 nitrogen and oxygen atoms in total. The van der Waals surface area contributed by atoms with Crippen LogP contribution in [0.3, 0.4) is 0 Å². The second-order valence-electron chi connectivity index (χ2n) is 11.7. The van der Waals surface area contributed by atoms with Crippen LogP contribution < -0.4 is 5.32 Å². The molecule has 184 valence electrons. The number of benzene rings is 1. The van der Waals surface area contributed by atoms with Crippen molar-refractivity contribution in [2.75, 3.05) is 7.05 Å². The summed E-state index contributed by atoms with van der Waals surface area (Å²) in [7, 11) is 3.89. The zero-order valence-electron chi connectivity index (χ0n) is 21.2. The molecule has 1 amide bonds. The Morgan fingerprint density at radius 2 is 1.86 bits per heavy atom. The number of halogens is 1. The van der Waals surface area contributed by atoms with Crippen molar-refractivity contribution >= 4 is 28.5 Å². The van der Waals surface area contributed by atoms with Crippen LogP contribution in [0.15, 0.2) is 30.3 Å². The molecule has 3 unspecified atom stereocenters. The normalized spacial score (nSPS) is 31.7. The van der Waals surface area contributed by atoms with Gasteiger partial charge in [-0.3, -0.25) is 9.48 Å². The minimum Gasteiger partial charge on any atom is -0.339 e. The van der Waals surface area contributed by atoms with Crippen molar-refractivity contribution < 1.29 is 4.79 Å². The van der Waals surface area contributed by atoms with E-state index in [-0.39, 0.29) is 23.0 Å². The fourth-order valence-corrected chi connectivity index (χ4v) is 7.05. The molecule has 35 heavy (non-hydrogen) atoms. The first-order valence-corrected chi connectivity index (χ1v) is 13.1. The molecule has 1 N–H and O–H groups in total. The Hall–Kier alpha value is -2.44. The zero-order valence-corrected chi connectivity index (χ0v) is 22.0. The number of fused-ring (bicyclic) bond motifs is 3. The molecule has 1 aliphatic carbocycles. The minimum absolute atomic E-state index is 0.0181. The molecule has 5 atom stereocenters. The molecule has 3 fully saturated rings. The number of nitrogens with one attached hydrogen (secondary N) is 1. The highest BCUT2D eigenvalue weighted by molar-refractivity contribution is 6.33. The maximum atomic E-state index is 13.5. The molecule has 0 spiro atoms. The first kappa shape index (κ1) is 23.0. The molecule has 1 saturated carbocycles. The summed E-state index contributed by atoms with van der Waals surface area (Å²) in [5.74, 6) is 0.744. The third-order valence-electron chi connectivity index (χ3n) is 8.72. The molecule has 2 aromatic heterocycles. The Morgan fingerprint density at radius 3 is 2.54 bits per heavy atom. The number of amides is 1. The van der Waals surface area contributed by atoms with E-state index in [0.29, 0.717) is 22.4 Å². The van der Waals surface area contributed by atoms with Gasteiger partial charge in [0.2, 0.25) is 0 Å². The molecule has 2 saturated heterocycles. The van der Waals surface area contributed by atoms with E-state index in [1.165, 1.54) is 18.4 Å². The van der Waals surface area contributed by atoms with Gasteiger partial charge in [0.25, 0.3) is 5.91 Å². The van der Waals surface area contributed by atoms with Gasteiger partial charge >= 0.3 is 0 Å². The van der Waals surface area contributed by atoms with Crippen LogP contribution in [0.4, 0.5) is 0 Å². The second-order valence-corrected chi connectivity index (χ2v) is 12.2.